The van der Waals surface area contributed by atoms with E-state index in [-0.39, 0.29) is 0 Å². The first kappa shape index (κ1) is 11.6. The SMILES string of the molecule is C#CCCNc1c(Br)cc(C)cc1Br. The summed E-state index contributed by atoms with van der Waals surface area (Å²) in [5, 5.41) is 3.27. The summed E-state index contributed by atoms with van der Waals surface area (Å²) >= 11 is 7.01. The fourth-order valence-electron chi connectivity index (χ4n) is 1.13. The minimum Gasteiger partial charge on any atom is -0.382 e. The molecule has 0 fully saturated rings. The van der Waals surface area contributed by atoms with Crippen LogP contribution in [0, 0.1) is 19.3 Å². The molecule has 0 spiro atoms. The van der Waals surface area contributed by atoms with Crippen LogP contribution < -0.4 is 5.32 Å². The highest BCUT2D eigenvalue weighted by molar-refractivity contribution is 9.11. The Morgan fingerprint density at radius 3 is 2.43 bits per heavy atom. The van der Waals surface area contributed by atoms with Crippen molar-refractivity contribution in [1.82, 2.24) is 0 Å². The summed E-state index contributed by atoms with van der Waals surface area (Å²) < 4.78 is 2.11. The van der Waals surface area contributed by atoms with Crippen molar-refractivity contribution < 1.29 is 0 Å². The van der Waals surface area contributed by atoms with E-state index in [9.17, 15) is 0 Å². The van der Waals surface area contributed by atoms with Gasteiger partial charge < -0.3 is 5.32 Å². The average Bonchev–Trinajstić information content (AvgIpc) is 2.09. The smallest absolute Gasteiger partial charge is 0.0629 e. The molecular weight excluding hydrogens is 306 g/mol. The molecule has 0 aliphatic rings. The third kappa shape index (κ3) is 3.04. The maximum Gasteiger partial charge on any atom is 0.0629 e. The van der Waals surface area contributed by atoms with Crippen LogP contribution in [0.3, 0.4) is 0 Å². The van der Waals surface area contributed by atoms with Gasteiger partial charge in [0.15, 0.2) is 0 Å². The third-order valence-electron chi connectivity index (χ3n) is 1.76. The zero-order chi connectivity index (χ0) is 10.6. The first-order chi connectivity index (χ1) is 6.65. The molecule has 0 bridgehead atoms. The first-order valence-electron chi connectivity index (χ1n) is 4.28. The van der Waals surface area contributed by atoms with Crippen LogP contribution in [-0.4, -0.2) is 6.54 Å². The number of hydrogen-bond acceptors (Lipinski definition) is 1. The normalized spacial score (nSPS) is 9.57. The van der Waals surface area contributed by atoms with Crippen LogP contribution in [0.15, 0.2) is 21.1 Å². The van der Waals surface area contributed by atoms with Gasteiger partial charge in [-0.2, -0.15) is 0 Å². The maximum atomic E-state index is 5.18. The van der Waals surface area contributed by atoms with Crippen molar-refractivity contribution in [2.45, 2.75) is 13.3 Å². The first-order valence-corrected chi connectivity index (χ1v) is 5.86. The van der Waals surface area contributed by atoms with Crippen molar-refractivity contribution in [2.75, 3.05) is 11.9 Å². The summed E-state index contributed by atoms with van der Waals surface area (Å²) in [6, 6.07) is 4.14. The van der Waals surface area contributed by atoms with Crippen molar-refractivity contribution >= 4 is 37.5 Å². The summed E-state index contributed by atoms with van der Waals surface area (Å²) in [6.07, 6.45) is 5.91. The lowest BCUT2D eigenvalue weighted by Crippen LogP contribution is -2.02. The highest BCUT2D eigenvalue weighted by Crippen LogP contribution is 2.32. The molecule has 0 aromatic heterocycles. The summed E-state index contributed by atoms with van der Waals surface area (Å²) in [5.74, 6) is 2.60. The van der Waals surface area contributed by atoms with E-state index in [2.05, 4.69) is 62.2 Å². The minimum absolute atomic E-state index is 0.729. The molecule has 0 aliphatic heterocycles. The predicted octanol–water partition coefficient (Wildman–Crippen LogP) is 3.96. The second-order valence-electron chi connectivity index (χ2n) is 2.98. The lowest BCUT2D eigenvalue weighted by molar-refractivity contribution is 1.09. The van der Waals surface area contributed by atoms with Gasteiger partial charge in [0.2, 0.25) is 0 Å². The molecule has 14 heavy (non-hydrogen) atoms. The molecule has 1 rings (SSSR count). The Bertz CT molecular complexity index is 343. The lowest BCUT2D eigenvalue weighted by Gasteiger charge is -2.10. The molecule has 74 valence electrons. The van der Waals surface area contributed by atoms with E-state index in [1.165, 1.54) is 5.56 Å². The Labute approximate surface area is 102 Å². The molecule has 0 saturated carbocycles. The van der Waals surface area contributed by atoms with Crippen LogP contribution >= 0.6 is 31.9 Å². The van der Waals surface area contributed by atoms with E-state index in [1.807, 2.05) is 0 Å². The van der Waals surface area contributed by atoms with Gasteiger partial charge >= 0.3 is 0 Å². The minimum atomic E-state index is 0.729. The molecule has 0 heterocycles. The standard InChI is InChI=1S/C11H11Br2N/c1-3-4-5-14-11-9(12)6-8(2)7-10(11)13/h1,6-7,14H,4-5H2,2H3. The molecule has 1 aromatic carbocycles. The van der Waals surface area contributed by atoms with E-state index in [0.29, 0.717) is 0 Å². The molecule has 0 atom stereocenters. The fraction of sp³-hybridized carbons (Fsp3) is 0.273. The summed E-state index contributed by atoms with van der Waals surface area (Å²) in [5.41, 5.74) is 2.28. The Kier molecular flexibility index (Phi) is 4.50. The van der Waals surface area contributed by atoms with Crippen LogP contribution in [0.1, 0.15) is 12.0 Å². The number of rotatable bonds is 3. The molecule has 1 N–H and O–H groups in total. The number of terminal acetylenes is 1. The topological polar surface area (TPSA) is 12.0 Å². The van der Waals surface area contributed by atoms with E-state index in [1.54, 1.807) is 0 Å². The number of aryl methyl sites for hydroxylation is 1. The molecule has 0 unspecified atom stereocenters. The number of benzene rings is 1. The molecule has 3 heteroatoms. The molecule has 0 aliphatic carbocycles. The highest BCUT2D eigenvalue weighted by atomic mass is 79.9. The fourth-order valence-corrected chi connectivity index (χ4v) is 2.82. The molecule has 1 aromatic rings. The molecule has 0 radical (unpaired) electrons. The van der Waals surface area contributed by atoms with Crippen LogP contribution in [0.5, 0.6) is 0 Å². The lowest BCUT2D eigenvalue weighted by atomic mass is 10.2. The van der Waals surface area contributed by atoms with Gasteiger partial charge in [0.1, 0.15) is 0 Å². The van der Waals surface area contributed by atoms with Crippen molar-refractivity contribution in [2.24, 2.45) is 0 Å². The van der Waals surface area contributed by atoms with E-state index in [0.717, 1.165) is 27.6 Å². The predicted molar refractivity (Wildman–Crippen MR) is 68.5 cm³/mol. The molecule has 1 nitrogen and oxygen atoms in total. The molecule has 0 amide bonds. The number of anilines is 1. The van der Waals surface area contributed by atoms with Gasteiger partial charge in [-0.05, 0) is 56.5 Å². The monoisotopic (exact) mass is 315 g/mol. The average molecular weight is 317 g/mol. The number of halogens is 2. The summed E-state index contributed by atoms with van der Waals surface area (Å²) in [7, 11) is 0. The van der Waals surface area contributed by atoms with Gasteiger partial charge in [-0.1, -0.05) is 0 Å². The van der Waals surface area contributed by atoms with Gasteiger partial charge in [-0.15, -0.1) is 12.3 Å². The third-order valence-corrected chi connectivity index (χ3v) is 3.01. The number of hydrogen-bond donors (Lipinski definition) is 1. The Morgan fingerprint density at radius 2 is 1.93 bits per heavy atom. The van der Waals surface area contributed by atoms with Crippen molar-refractivity contribution in [1.29, 1.82) is 0 Å². The second-order valence-corrected chi connectivity index (χ2v) is 4.69. The van der Waals surface area contributed by atoms with Crippen molar-refractivity contribution in [3.05, 3.63) is 26.6 Å². The van der Waals surface area contributed by atoms with Gasteiger partial charge in [-0.3, -0.25) is 0 Å². The molecular formula is C11H11Br2N. The zero-order valence-electron chi connectivity index (χ0n) is 7.90. The quantitative estimate of drug-likeness (QED) is 0.657. The van der Waals surface area contributed by atoms with E-state index in [4.69, 9.17) is 6.42 Å². The number of nitrogens with one attached hydrogen (secondary N) is 1. The van der Waals surface area contributed by atoms with Crippen molar-refractivity contribution in [3.8, 4) is 12.3 Å². The van der Waals surface area contributed by atoms with Gasteiger partial charge in [-0.25, -0.2) is 0 Å². The van der Waals surface area contributed by atoms with Crippen molar-refractivity contribution in [3.63, 3.8) is 0 Å². The van der Waals surface area contributed by atoms with E-state index < -0.39 is 0 Å². The van der Waals surface area contributed by atoms with Crippen LogP contribution in [0.2, 0.25) is 0 Å². The Balaban J connectivity index is 2.81. The van der Waals surface area contributed by atoms with Gasteiger partial charge in [0.05, 0.1) is 5.69 Å². The van der Waals surface area contributed by atoms with Crippen LogP contribution in [-0.2, 0) is 0 Å². The largest absolute Gasteiger partial charge is 0.382 e. The highest BCUT2D eigenvalue weighted by Gasteiger charge is 2.04. The van der Waals surface area contributed by atoms with Crippen LogP contribution in [0.25, 0.3) is 0 Å². The second kappa shape index (κ2) is 5.43. The Hall–Kier alpha value is -0.460. The van der Waals surface area contributed by atoms with Crippen LogP contribution in [0.4, 0.5) is 5.69 Å². The Morgan fingerprint density at radius 1 is 1.36 bits per heavy atom. The maximum absolute atomic E-state index is 5.18. The van der Waals surface area contributed by atoms with E-state index >= 15 is 0 Å². The molecule has 0 saturated heterocycles. The van der Waals surface area contributed by atoms with Gasteiger partial charge in [0, 0.05) is 21.9 Å². The summed E-state index contributed by atoms with van der Waals surface area (Å²) in [4.78, 5) is 0. The zero-order valence-corrected chi connectivity index (χ0v) is 11.1. The summed E-state index contributed by atoms with van der Waals surface area (Å²) in [6.45, 7) is 2.84. The van der Waals surface area contributed by atoms with Gasteiger partial charge in [0.25, 0.3) is 0 Å².